The van der Waals surface area contributed by atoms with E-state index in [1.54, 1.807) is 6.07 Å². The molecule has 0 spiro atoms. The Morgan fingerprint density at radius 2 is 2.00 bits per heavy atom. The van der Waals surface area contributed by atoms with E-state index in [1.165, 1.54) is 44.6 Å². The number of halogens is 1. The molecule has 2 aliphatic rings. The molecule has 2 fully saturated rings. The first-order valence-electron chi connectivity index (χ1n) is 7.97. The van der Waals surface area contributed by atoms with Crippen LogP contribution < -0.4 is 5.73 Å². The van der Waals surface area contributed by atoms with Crippen molar-refractivity contribution >= 4 is 17.2 Å². The van der Waals surface area contributed by atoms with E-state index >= 15 is 0 Å². The van der Waals surface area contributed by atoms with E-state index in [0.29, 0.717) is 17.6 Å². The molecule has 2 nitrogen and oxygen atoms in total. The molecule has 1 unspecified atom stereocenters. The molecule has 21 heavy (non-hydrogen) atoms. The number of nitrogens with zero attached hydrogens (tertiary/aromatic N) is 1. The molecular weight excluding hydrogens is 283 g/mol. The van der Waals surface area contributed by atoms with Crippen molar-refractivity contribution in [2.45, 2.75) is 51.1 Å². The van der Waals surface area contributed by atoms with Gasteiger partial charge in [-0.25, -0.2) is 4.39 Å². The fraction of sp³-hybridized carbons (Fsp3) is 0.588. The van der Waals surface area contributed by atoms with Crippen molar-refractivity contribution < 1.29 is 4.39 Å². The number of likely N-dealkylation sites (tertiary alicyclic amines) is 1. The Labute approximate surface area is 131 Å². The van der Waals surface area contributed by atoms with Gasteiger partial charge in [-0.1, -0.05) is 25.1 Å². The SMILES string of the molecule is NC(=S)c1ccc(F)c(CN2CCCC2C2CCCC2)c1. The minimum Gasteiger partial charge on any atom is -0.389 e. The molecule has 4 heteroatoms. The summed E-state index contributed by atoms with van der Waals surface area (Å²) in [6.45, 7) is 1.77. The molecule has 0 aromatic heterocycles. The Hall–Kier alpha value is -1.00. The monoisotopic (exact) mass is 306 g/mol. The van der Waals surface area contributed by atoms with Crippen molar-refractivity contribution in [3.63, 3.8) is 0 Å². The highest BCUT2D eigenvalue weighted by Crippen LogP contribution is 2.36. The Morgan fingerprint density at radius 3 is 2.71 bits per heavy atom. The average molecular weight is 306 g/mol. The topological polar surface area (TPSA) is 29.3 Å². The highest BCUT2D eigenvalue weighted by molar-refractivity contribution is 7.80. The van der Waals surface area contributed by atoms with Crippen molar-refractivity contribution in [1.82, 2.24) is 4.90 Å². The minimum absolute atomic E-state index is 0.146. The van der Waals surface area contributed by atoms with E-state index < -0.39 is 0 Å². The lowest BCUT2D eigenvalue weighted by atomic mass is 9.95. The Morgan fingerprint density at radius 1 is 1.24 bits per heavy atom. The normalized spacial score (nSPS) is 23.8. The summed E-state index contributed by atoms with van der Waals surface area (Å²) in [6, 6.07) is 5.62. The van der Waals surface area contributed by atoms with Crippen molar-refractivity contribution in [3.8, 4) is 0 Å². The third kappa shape index (κ3) is 3.27. The van der Waals surface area contributed by atoms with Crippen molar-refractivity contribution in [3.05, 3.63) is 35.1 Å². The number of rotatable bonds is 4. The molecule has 2 N–H and O–H groups in total. The predicted molar refractivity (Wildman–Crippen MR) is 87.7 cm³/mol. The van der Waals surface area contributed by atoms with Gasteiger partial charge in [0, 0.05) is 23.7 Å². The molecule has 1 saturated heterocycles. The molecule has 1 aliphatic heterocycles. The smallest absolute Gasteiger partial charge is 0.127 e. The van der Waals surface area contributed by atoms with Gasteiger partial charge in [-0.2, -0.15) is 0 Å². The van der Waals surface area contributed by atoms with Crippen LogP contribution in [0, 0.1) is 11.7 Å². The molecule has 1 atom stereocenters. The summed E-state index contributed by atoms with van der Waals surface area (Å²) in [5, 5.41) is 0. The van der Waals surface area contributed by atoms with Gasteiger partial charge in [-0.15, -0.1) is 0 Å². The predicted octanol–water partition coefficient (Wildman–Crippen LogP) is 3.61. The standard InChI is InChI=1S/C17H23FN2S/c18-15-8-7-13(17(19)21)10-14(15)11-20-9-3-6-16(20)12-4-1-2-5-12/h7-8,10,12,16H,1-6,9,11H2,(H2,19,21). The summed E-state index contributed by atoms with van der Waals surface area (Å²) in [5.41, 5.74) is 7.15. The summed E-state index contributed by atoms with van der Waals surface area (Å²) < 4.78 is 14.1. The van der Waals surface area contributed by atoms with E-state index in [4.69, 9.17) is 18.0 Å². The lowest BCUT2D eigenvalue weighted by molar-refractivity contribution is 0.181. The third-order valence-corrected chi connectivity index (χ3v) is 5.30. The molecule has 1 saturated carbocycles. The molecule has 0 radical (unpaired) electrons. The Balaban J connectivity index is 1.75. The van der Waals surface area contributed by atoms with Gasteiger partial charge in [-0.05, 0) is 56.3 Å². The van der Waals surface area contributed by atoms with E-state index in [1.807, 2.05) is 6.07 Å². The zero-order valence-corrected chi connectivity index (χ0v) is 13.2. The Bertz CT molecular complexity index is 526. The summed E-state index contributed by atoms with van der Waals surface area (Å²) in [5.74, 6) is 0.668. The second-order valence-corrected chi connectivity index (χ2v) is 6.83. The van der Waals surface area contributed by atoms with Gasteiger partial charge in [-0.3, -0.25) is 4.90 Å². The number of hydrogen-bond donors (Lipinski definition) is 1. The summed E-state index contributed by atoms with van der Waals surface area (Å²) >= 11 is 5.00. The molecule has 1 aliphatic carbocycles. The molecule has 0 amide bonds. The first-order valence-corrected chi connectivity index (χ1v) is 8.38. The molecule has 114 valence electrons. The van der Waals surface area contributed by atoms with Crippen LogP contribution in [0.3, 0.4) is 0 Å². The minimum atomic E-state index is -0.146. The van der Waals surface area contributed by atoms with Crippen LogP contribution >= 0.6 is 12.2 Å². The molecule has 0 bridgehead atoms. The number of nitrogens with two attached hydrogens (primary N) is 1. The van der Waals surface area contributed by atoms with Gasteiger partial charge >= 0.3 is 0 Å². The maximum Gasteiger partial charge on any atom is 0.127 e. The zero-order chi connectivity index (χ0) is 14.8. The van der Waals surface area contributed by atoms with Crippen LogP contribution in [-0.4, -0.2) is 22.5 Å². The van der Waals surface area contributed by atoms with E-state index in [9.17, 15) is 4.39 Å². The van der Waals surface area contributed by atoms with Crippen LogP contribution in [0.1, 0.15) is 49.7 Å². The van der Waals surface area contributed by atoms with Gasteiger partial charge in [0.2, 0.25) is 0 Å². The van der Waals surface area contributed by atoms with E-state index in [2.05, 4.69) is 4.90 Å². The number of benzene rings is 1. The fourth-order valence-corrected chi connectivity index (χ4v) is 4.12. The number of thiocarbonyl (C=S) groups is 1. The van der Waals surface area contributed by atoms with Crippen LogP contribution in [0.15, 0.2) is 18.2 Å². The van der Waals surface area contributed by atoms with E-state index in [0.717, 1.165) is 23.6 Å². The van der Waals surface area contributed by atoms with Gasteiger partial charge in [0.25, 0.3) is 0 Å². The first-order chi connectivity index (χ1) is 10.1. The van der Waals surface area contributed by atoms with Gasteiger partial charge in [0.05, 0.1) is 0 Å². The lowest BCUT2D eigenvalue weighted by Crippen LogP contribution is -2.34. The summed E-state index contributed by atoms with van der Waals surface area (Å²) in [6.07, 6.45) is 7.91. The van der Waals surface area contributed by atoms with Crippen molar-refractivity contribution in [2.24, 2.45) is 11.7 Å². The average Bonchev–Trinajstić information content (AvgIpc) is 3.11. The van der Waals surface area contributed by atoms with Crippen molar-refractivity contribution in [2.75, 3.05) is 6.54 Å². The van der Waals surface area contributed by atoms with Gasteiger partial charge in [0.15, 0.2) is 0 Å². The lowest BCUT2D eigenvalue weighted by Gasteiger charge is -2.29. The van der Waals surface area contributed by atoms with Crippen LogP contribution in [0.2, 0.25) is 0 Å². The zero-order valence-electron chi connectivity index (χ0n) is 12.4. The highest BCUT2D eigenvalue weighted by atomic mass is 32.1. The highest BCUT2D eigenvalue weighted by Gasteiger charge is 2.33. The summed E-state index contributed by atoms with van der Waals surface area (Å²) in [4.78, 5) is 2.81. The largest absolute Gasteiger partial charge is 0.389 e. The van der Waals surface area contributed by atoms with Crippen LogP contribution in [0.25, 0.3) is 0 Å². The molecule has 1 aromatic rings. The van der Waals surface area contributed by atoms with E-state index in [-0.39, 0.29) is 5.82 Å². The second kappa shape index (κ2) is 6.41. The number of hydrogen-bond acceptors (Lipinski definition) is 2. The van der Waals surface area contributed by atoms with Crippen molar-refractivity contribution in [1.29, 1.82) is 0 Å². The summed E-state index contributed by atoms with van der Waals surface area (Å²) in [7, 11) is 0. The first kappa shape index (κ1) is 14.9. The quantitative estimate of drug-likeness (QED) is 0.862. The second-order valence-electron chi connectivity index (χ2n) is 6.40. The van der Waals surface area contributed by atoms with Gasteiger partial charge in [0.1, 0.15) is 10.8 Å². The third-order valence-electron chi connectivity index (χ3n) is 5.06. The molecule has 1 heterocycles. The van der Waals surface area contributed by atoms with Gasteiger partial charge < -0.3 is 5.73 Å². The molecule has 3 rings (SSSR count). The van der Waals surface area contributed by atoms with Crippen LogP contribution in [-0.2, 0) is 6.54 Å². The fourth-order valence-electron chi connectivity index (χ4n) is 3.99. The maximum atomic E-state index is 14.1. The molecular formula is C17H23FN2S. The Kier molecular flexibility index (Phi) is 4.55. The maximum absolute atomic E-state index is 14.1. The molecule has 1 aromatic carbocycles. The van der Waals surface area contributed by atoms with Crippen LogP contribution in [0.4, 0.5) is 4.39 Å². The van der Waals surface area contributed by atoms with Crippen LogP contribution in [0.5, 0.6) is 0 Å².